The van der Waals surface area contributed by atoms with Gasteiger partial charge in [0.15, 0.2) is 0 Å². The zero-order valence-corrected chi connectivity index (χ0v) is 11.1. The molecule has 3 atom stereocenters. The van der Waals surface area contributed by atoms with Crippen molar-refractivity contribution in [2.24, 2.45) is 16.7 Å². The second-order valence-corrected chi connectivity index (χ2v) is 5.31. The maximum Gasteiger partial charge on any atom is 0.0665 e. The highest BCUT2D eigenvalue weighted by Crippen LogP contribution is 2.79. The first-order valence-electron chi connectivity index (χ1n) is 6.81. The van der Waals surface area contributed by atoms with Gasteiger partial charge in [-0.05, 0) is 32.1 Å². The van der Waals surface area contributed by atoms with E-state index in [1.165, 1.54) is 12.8 Å². The van der Waals surface area contributed by atoms with Crippen molar-refractivity contribution < 1.29 is 0 Å². The molecule has 0 saturated heterocycles. The summed E-state index contributed by atoms with van der Waals surface area (Å²) in [5.41, 5.74) is 4.03. The molecule has 0 aromatic rings. The number of allylic oxidation sites excluding steroid dienone is 2. The highest BCUT2D eigenvalue weighted by atomic mass is 14.7. The molecule has 0 aromatic heterocycles. The molecular formula is C15H23N. The van der Waals surface area contributed by atoms with Crippen LogP contribution in [0.25, 0.3) is 0 Å². The van der Waals surface area contributed by atoms with Gasteiger partial charge in [-0.15, -0.1) is 0 Å². The van der Waals surface area contributed by atoms with Crippen molar-refractivity contribution in [3.05, 3.63) is 11.1 Å². The average molecular weight is 217 g/mol. The van der Waals surface area contributed by atoms with E-state index in [9.17, 15) is 5.26 Å². The molecule has 0 radical (unpaired) electrons. The van der Waals surface area contributed by atoms with Crippen molar-refractivity contribution in [1.29, 1.82) is 5.26 Å². The molecule has 0 amide bonds. The molecule has 2 rings (SSSR count). The Hall–Kier alpha value is -0.770. The number of fused-ring (bicyclic) bond motifs is 1. The summed E-state index contributed by atoms with van der Waals surface area (Å²) in [4.78, 5) is 0. The standard InChI is InChI=1S/C15H23N/c1-5-12-13(6-2)15(8-4)11(10-16)9-14(12,15)7-3/h11H,5-9H2,1-4H3. The minimum atomic E-state index is 0.274. The first kappa shape index (κ1) is 11.7. The van der Waals surface area contributed by atoms with Crippen LogP contribution in [0.3, 0.4) is 0 Å². The molecule has 0 bridgehead atoms. The first-order valence-corrected chi connectivity index (χ1v) is 6.81. The lowest BCUT2D eigenvalue weighted by atomic mass is 9.30. The topological polar surface area (TPSA) is 23.8 Å². The van der Waals surface area contributed by atoms with Crippen LogP contribution >= 0.6 is 0 Å². The van der Waals surface area contributed by atoms with E-state index in [0.717, 1.165) is 19.3 Å². The van der Waals surface area contributed by atoms with Crippen LogP contribution in [-0.4, -0.2) is 0 Å². The van der Waals surface area contributed by atoms with Crippen LogP contribution in [0.4, 0.5) is 0 Å². The van der Waals surface area contributed by atoms with Crippen molar-refractivity contribution in [1.82, 2.24) is 0 Å². The van der Waals surface area contributed by atoms with Crippen LogP contribution in [0.1, 0.15) is 59.8 Å². The Morgan fingerprint density at radius 2 is 1.75 bits per heavy atom. The normalized spacial score (nSPS) is 40.8. The number of hydrogen-bond acceptors (Lipinski definition) is 1. The van der Waals surface area contributed by atoms with Gasteiger partial charge in [0.2, 0.25) is 0 Å². The third-order valence-corrected chi connectivity index (χ3v) is 5.51. The summed E-state index contributed by atoms with van der Waals surface area (Å²) in [6.07, 6.45) is 5.85. The maximum absolute atomic E-state index is 9.31. The molecule has 0 aliphatic heterocycles. The van der Waals surface area contributed by atoms with E-state index in [4.69, 9.17) is 0 Å². The molecule has 1 fully saturated rings. The molecule has 1 nitrogen and oxygen atoms in total. The van der Waals surface area contributed by atoms with Gasteiger partial charge >= 0.3 is 0 Å². The predicted octanol–water partition coefficient (Wildman–Crippen LogP) is 4.45. The van der Waals surface area contributed by atoms with Gasteiger partial charge in [-0.25, -0.2) is 0 Å². The van der Waals surface area contributed by atoms with Crippen molar-refractivity contribution >= 4 is 0 Å². The molecule has 1 saturated carbocycles. The van der Waals surface area contributed by atoms with Crippen LogP contribution in [0.15, 0.2) is 11.1 Å². The quantitative estimate of drug-likeness (QED) is 0.638. The van der Waals surface area contributed by atoms with Crippen LogP contribution < -0.4 is 0 Å². The van der Waals surface area contributed by atoms with E-state index in [-0.39, 0.29) is 5.41 Å². The van der Waals surface area contributed by atoms with Crippen molar-refractivity contribution in [2.45, 2.75) is 59.8 Å². The Morgan fingerprint density at radius 1 is 1.12 bits per heavy atom. The van der Waals surface area contributed by atoms with Crippen LogP contribution in [0.5, 0.6) is 0 Å². The van der Waals surface area contributed by atoms with Gasteiger partial charge in [0, 0.05) is 10.8 Å². The minimum Gasteiger partial charge on any atom is -0.198 e. The Kier molecular flexibility index (Phi) is 2.65. The summed E-state index contributed by atoms with van der Waals surface area (Å²) in [6, 6.07) is 2.56. The zero-order chi connectivity index (χ0) is 12.0. The van der Waals surface area contributed by atoms with Gasteiger partial charge in [0.1, 0.15) is 0 Å². The molecule has 88 valence electrons. The minimum absolute atomic E-state index is 0.274. The van der Waals surface area contributed by atoms with Gasteiger partial charge in [0.05, 0.1) is 12.0 Å². The summed E-state index contributed by atoms with van der Waals surface area (Å²) in [7, 11) is 0. The molecular weight excluding hydrogens is 194 g/mol. The Bertz CT molecular complexity index is 373. The zero-order valence-electron chi connectivity index (χ0n) is 11.1. The molecule has 0 aromatic carbocycles. The summed E-state index contributed by atoms with van der Waals surface area (Å²) >= 11 is 0. The lowest BCUT2D eigenvalue weighted by Crippen LogP contribution is -2.66. The SMILES string of the molecule is CCC1=C(CC)C2(CC)C(C#N)CC12CC. The molecule has 2 aliphatic carbocycles. The number of rotatable bonds is 4. The lowest BCUT2D eigenvalue weighted by molar-refractivity contribution is -0.111. The van der Waals surface area contributed by atoms with Crippen LogP contribution in [0, 0.1) is 28.1 Å². The van der Waals surface area contributed by atoms with E-state index < -0.39 is 0 Å². The van der Waals surface area contributed by atoms with E-state index in [0.29, 0.717) is 11.3 Å². The smallest absolute Gasteiger partial charge is 0.0665 e. The molecule has 0 spiro atoms. The van der Waals surface area contributed by atoms with Crippen molar-refractivity contribution in [2.75, 3.05) is 0 Å². The van der Waals surface area contributed by atoms with Gasteiger partial charge in [-0.3, -0.25) is 0 Å². The van der Waals surface area contributed by atoms with E-state index in [2.05, 4.69) is 33.8 Å². The van der Waals surface area contributed by atoms with Gasteiger partial charge in [-0.2, -0.15) is 5.26 Å². The molecule has 1 heteroatoms. The molecule has 2 aliphatic rings. The summed E-state index contributed by atoms with van der Waals surface area (Å²) in [6.45, 7) is 9.12. The molecule has 0 N–H and O–H groups in total. The van der Waals surface area contributed by atoms with E-state index >= 15 is 0 Å². The maximum atomic E-state index is 9.31. The highest BCUT2D eigenvalue weighted by Gasteiger charge is 2.72. The number of hydrogen-bond donors (Lipinski definition) is 0. The third-order valence-electron chi connectivity index (χ3n) is 5.51. The monoisotopic (exact) mass is 217 g/mol. The van der Waals surface area contributed by atoms with Gasteiger partial charge in [-0.1, -0.05) is 38.8 Å². The molecule has 0 heterocycles. The van der Waals surface area contributed by atoms with E-state index in [1.807, 2.05) is 0 Å². The predicted molar refractivity (Wildman–Crippen MR) is 66.8 cm³/mol. The third kappa shape index (κ3) is 0.887. The number of nitrogens with zero attached hydrogens (tertiary/aromatic N) is 1. The molecule has 3 unspecified atom stereocenters. The Balaban J connectivity index is 2.50. The average Bonchev–Trinajstić information content (AvgIpc) is 2.30. The molecule has 16 heavy (non-hydrogen) atoms. The lowest BCUT2D eigenvalue weighted by Gasteiger charge is -2.72. The second kappa shape index (κ2) is 3.62. The summed E-state index contributed by atoms with van der Waals surface area (Å²) < 4.78 is 0. The van der Waals surface area contributed by atoms with E-state index in [1.54, 1.807) is 11.1 Å². The van der Waals surface area contributed by atoms with Crippen LogP contribution in [-0.2, 0) is 0 Å². The fraction of sp³-hybridized carbons (Fsp3) is 0.800. The van der Waals surface area contributed by atoms with Crippen molar-refractivity contribution in [3.63, 3.8) is 0 Å². The second-order valence-electron chi connectivity index (χ2n) is 5.31. The fourth-order valence-electron chi connectivity index (χ4n) is 5.00. The summed E-state index contributed by atoms with van der Waals surface area (Å²) in [5.74, 6) is 0.294. The number of nitriles is 1. The Labute approximate surface area is 99.5 Å². The van der Waals surface area contributed by atoms with Crippen molar-refractivity contribution in [3.8, 4) is 6.07 Å². The Morgan fingerprint density at radius 3 is 2.12 bits per heavy atom. The largest absolute Gasteiger partial charge is 0.198 e. The summed E-state index contributed by atoms with van der Waals surface area (Å²) in [5, 5.41) is 9.31. The highest BCUT2D eigenvalue weighted by molar-refractivity contribution is 5.51. The van der Waals surface area contributed by atoms with Gasteiger partial charge in [0.25, 0.3) is 0 Å². The first-order chi connectivity index (χ1) is 7.68. The fourth-order valence-corrected chi connectivity index (χ4v) is 5.00. The van der Waals surface area contributed by atoms with Crippen LogP contribution in [0.2, 0.25) is 0 Å². The van der Waals surface area contributed by atoms with Gasteiger partial charge < -0.3 is 0 Å².